The highest BCUT2D eigenvalue weighted by molar-refractivity contribution is 6.32. The number of carboxylic acids is 1. The zero-order valence-electron chi connectivity index (χ0n) is 9.88. The van der Waals surface area contributed by atoms with E-state index in [0.29, 0.717) is 13.0 Å². The zero-order chi connectivity index (χ0) is 12.8. The molecule has 4 nitrogen and oxygen atoms in total. The van der Waals surface area contributed by atoms with Gasteiger partial charge in [-0.3, -0.25) is 4.79 Å². The number of Topliss-reactive ketones (excluding diaryl/α,β-unsaturated/α-hetero) is 1. The van der Waals surface area contributed by atoms with Crippen molar-refractivity contribution in [1.29, 1.82) is 0 Å². The topological polar surface area (TPSA) is 80.4 Å². The molecule has 3 N–H and O–H groups in total. The maximum atomic E-state index is 10.2. The van der Waals surface area contributed by atoms with E-state index in [2.05, 4.69) is 6.92 Å². The van der Waals surface area contributed by atoms with Crippen LogP contribution in [0.4, 0.5) is 0 Å². The first-order valence-electron chi connectivity index (χ1n) is 5.62. The molecule has 0 amide bonds. The molecule has 0 saturated heterocycles. The van der Waals surface area contributed by atoms with Crippen molar-refractivity contribution in [3.05, 3.63) is 0 Å². The quantitative estimate of drug-likeness (QED) is 0.394. The summed E-state index contributed by atoms with van der Waals surface area (Å²) in [5.41, 5.74) is 5.03. The van der Waals surface area contributed by atoms with Gasteiger partial charge in [-0.15, -0.1) is 11.6 Å². The predicted octanol–water partition coefficient (Wildman–Crippen LogP) is 2.18. The SMILES string of the molecule is CCCCCCCl.NCCCC(=O)C(=O)O. The van der Waals surface area contributed by atoms with Gasteiger partial charge in [0.25, 0.3) is 0 Å². The summed E-state index contributed by atoms with van der Waals surface area (Å²) < 4.78 is 0. The number of carboxylic acid groups (broad SMARTS) is 1. The van der Waals surface area contributed by atoms with Crippen LogP contribution in [0.1, 0.15) is 45.4 Å². The molecule has 0 rings (SSSR count). The third kappa shape index (κ3) is 15.8. The maximum absolute atomic E-state index is 10.2. The van der Waals surface area contributed by atoms with E-state index in [1.54, 1.807) is 0 Å². The third-order valence-corrected chi connectivity index (χ3v) is 2.10. The van der Waals surface area contributed by atoms with Gasteiger partial charge in [0, 0.05) is 12.3 Å². The van der Waals surface area contributed by atoms with Crippen molar-refractivity contribution in [2.24, 2.45) is 5.73 Å². The monoisotopic (exact) mass is 251 g/mol. The minimum Gasteiger partial charge on any atom is -0.476 e. The van der Waals surface area contributed by atoms with E-state index in [-0.39, 0.29) is 6.42 Å². The van der Waals surface area contributed by atoms with E-state index in [1.165, 1.54) is 25.7 Å². The van der Waals surface area contributed by atoms with Crippen molar-refractivity contribution in [2.45, 2.75) is 45.4 Å². The van der Waals surface area contributed by atoms with Crippen molar-refractivity contribution >= 4 is 23.4 Å². The van der Waals surface area contributed by atoms with Crippen molar-refractivity contribution in [1.82, 2.24) is 0 Å². The molecule has 0 aliphatic heterocycles. The Kier molecular flexibility index (Phi) is 16.0. The van der Waals surface area contributed by atoms with Gasteiger partial charge in [-0.2, -0.15) is 0 Å². The second-order valence-corrected chi connectivity index (χ2v) is 3.75. The molecule has 0 atom stereocenters. The minimum atomic E-state index is -1.37. The van der Waals surface area contributed by atoms with Gasteiger partial charge in [0.15, 0.2) is 0 Å². The van der Waals surface area contributed by atoms with Crippen LogP contribution in [0, 0.1) is 0 Å². The maximum Gasteiger partial charge on any atom is 0.372 e. The second-order valence-electron chi connectivity index (χ2n) is 3.37. The minimum absolute atomic E-state index is 0.0475. The van der Waals surface area contributed by atoms with Gasteiger partial charge in [-0.25, -0.2) is 4.79 Å². The largest absolute Gasteiger partial charge is 0.476 e. The van der Waals surface area contributed by atoms with Crippen LogP contribution in [0.25, 0.3) is 0 Å². The van der Waals surface area contributed by atoms with Crippen LogP contribution in [-0.2, 0) is 9.59 Å². The molecule has 0 aliphatic rings. The fourth-order valence-corrected chi connectivity index (χ4v) is 1.08. The zero-order valence-corrected chi connectivity index (χ0v) is 10.6. The Balaban J connectivity index is 0. The van der Waals surface area contributed by atoms with Crippen LogP contribution < -0.4 is 5.73 Å². The summed E-state index contributed by atoms with van der Waals surface area (Å²) in [6, 6.07) is 0. The van der Waals surface area contributed by atoms with Crippen molar-refractivity contribution in [2.75, 3.05) is 12.4 Å². The summed E-state index contributed by atoms with van der Waals surface area (Å²) in [7, 11) is 0. The number of hydrogen-bond donors (Lipinski definition) is 2. The lowest BCUT2D eigenvalue weighted by Crippen LogP contribution is -2.13. The molecule has 0 aromatic rings. The molecule has 0 aromatic heterocycles. The molecular formula is C11H22ClNO3. The lowest BCUT2D eigenvalue weighted by atomic mass is 10.2. The first-order valence-corrected chi connectivity index (χ1v) is 6.15. The summed E-state index contributed by atoms with van der Waals surface area (Å²) in [5.74, 6) is -1.30. The van der Waals surface area contributed by atoms with E-state index >= 15 is 0 Å². The molecule has 0 heterocycles. The molecule has 0 fully saturated rings. The lowest BCUT2D eigenvalue weighted by molar-refractivity contribution is -0.149. The van der Waals surface area contributed by atoms with Gasteiger partial charge in [-0.1, -0.05) is 26.2 Å². The molecule has 0 aliphatic carbocycles. The Bertz CT molecular complexity index is 182. The summed E-state index contributed by atoms with van der Waals surface area (Å²) in [4.78, 5) is 20.1. The lowest BCUT2D eigenvalue weighted by Gasteiger charge is -1.89. The van der Waals surface area contributed by atoms with Gasteiger partial charge >= 0.3 is 5.97 Å². The summed E-state index contributed by atoms with van der Waals surface area (Å²) >= 11 is 5.44. The Morgan fingerprint density at radius 2 is 1.81 bits per heavy atom. The third-order valence-electron chi connectivity index (χ3n) is 1.83. The highest BCUT2D eigenvalue weighted by Crippen LogP contribution is 1.98. The number of aliphatic carboxylic acids is 1. The molecule has 0 saturated carbocycles. The number of ketones is 1. The molecular weight excluding hydrogens is 230 g/mol. The number of carbonyl (C=O) groups excluding carboxylic acids is 1. The molecule has 16 heavy (non-hydrogen) atoms. The number of rotatable bonds is 8. The van der Waals surface area contributed by atoms with E-state index in [9.17, 15) is 9.59 Å². The normalized spacial score (nSPS) is 9.19. The summed E-state index contributed by atoms with van der Waals surface area (Å²) in [6.45, 7) is 2.56. The first-order chi connectivity index (χ1) is 7.59. The Morgan fingerprint density at radius 3 is 2.19 bits per heavy atom. The molecule has 5 heteroatoms. The highest BCUT2D eigenvalue weighted by atomic mass is 35.5. The average Bonchev–Trinajstić information content (AvgIpc) is 2.27. The van der Waals surface area contributed by atoms with Crippen molar-refractivity contribution in [3.63, 3.8) is 0 Å². The van der Waals surface area contributed by atoms with Crippen LogP contribution >= 0.6 is 11.6 Å². The van der Waals surface area contributed by atoms with Gasteiger partial charge in [0.2, 0.25) is 5.78 Å². The van der Waals surface area contributed by atoms with E-state index < -0.39 is 11.8 Å². The molecule has 0 bridgehead atoms. The molecule has 0 spiro atoms. The second kappa shape index (κ2) is 14.4. The number of hydrogen-bond acceptors (Lipinski definition) is 3. The molecule has 0 radical (unpaired) electrons. The van der Waals surface area contributed by atoms with E-state index in [1.807, 2.05) is 0 Å². The fraction of sp³-hybridized carbons (Fsp3) is 0.818. The van der Waals surface area contributed by atoms with Gasteiger partial charge in [-0.05, 0) is 19.4 Å². The van der Waals surface area contributed by atoms with Crippen LogP contribution in [0.3, 0.4) is 0 Å². The number of carbonyl (C=O) groups is 2. The van der Waals surface area contributed by atoms with Crippen LogP contribution in [-0.4, -0.2) is 29.3 Å². The smallest absolute Gasteiger partial charge is 0.372 e. The van der Waals surface area contributed by atoms with Crippen molar-refractivity contribution < 1.29 is 14.7 Å². The predicted molar refractivity (Wildman–Crippen MR) is 65.8 cm³/mol. The first kappa shape index (κ1) is 17.8. The van der Waals surface area contributed by atoms with Gasteiger partial charge in [0.05, 0.1) is 0 Å². The summed E-state index contributed by atoms with van der Waals surface area (Å²) in [5, 5.41) is 8.02. The number of halogens is 1. The van der Waals surface area contributed by atoms with E-state index in [0.717, 1.165) is 5.88 Å². The van der Waals surface area contributed by atoms with Crippen molar-refractivity contribution in [3.8, 4) is 0 Å². The Hall–Kier alpha value is -0.610. The van der Waals surface area contributed by atoms with Crippen LogP contribution in [0.2, 0.25) is 0 Å². The Labute approximate surface area is 102 Å². The van der Waals surface area contributed by atoms with Crippen LogP contribution in [0.5, 0.6) is 0 Å². The van der Waals surface area contributed by atoms with Crippen LogP contribution in [0.15, 0.2) is 0 Å². The fourth-order valence-electron chi connectivity index (χ4n) is 0.891. The highest BCUT2D eigenvalue weighted by Gasteiger charge is 2.08. The molecule has 0 aromatic carbocycles. The summed E-state index contributed by atoms with van der Waals surface area (Å²) in [6.07, 6.45) is 5.63. The number of alkyl halides is 1. The standard InChI is InChI=1S/C6H13Cl.C5H9NO3/c1-2-3-4-5-6-7;6-3-1-2-4(7)5(8)9/h2-6H2,1H3;1-3,6H2,(H,8,9). The van der Waals surface area contributed by atoms with Gasteiger partial charge in [0.1, 0.15) is 0 Å². The molecule has 0 unspecified atom stereocenters. The van der Waals surface area contributed by atoms with E-state index in [4.69, 9.17) is 22.4 Å². The van der Waals surface area contributed by atoms with Gasteiger partial charge < -0.3 is 10.8 Å². The average molecular weight is 252 g/mol. The Morgan fingerprint density at radius 1 is 1.19 bits per heavy atom. The number of unbranched alkanes of at least 4 members (excludes halogenated alkanes) is 3. The molecule has 96 valence electrons. The number of nitrogens with two attached hydrogens (primary N) is 1.